The number of nitrogens with zero attached hydrogens (tertiary/aromatic N) is 1. The first-order chi connectivity index (χ1) is 12.8. The number of aliphatic hydroxyl groups excluding tert-OH is 2. The molecular formula is C18H26FN3O5. The number of hydrogen-bond donors (Lipinski definition) is 4. The summed E-state index contributed by atoms with van der Waals surface area (Å²) >= 11 is 0. The predicted molar refractivity (Wildman–Crippen MR) is 95.6 cm³/mol. The number of ether oxygens (including phenoxy) is 1. The minimum Gasteiger partial charge on any atom is -0.388 e. The molecule has 8 nitrogen and oxygen atoms in total. The SMILES string of the molecule is CN(C)CCNC(=O)C[C@@H]1O[C@H](CNC(=O)c2cccc(F)c2)[C@@H](O)[C@H]1O. The molecule has 0 aromatic heterocycles. The molecule has 1 saturated heterocycles. The van der Waals surface area contributed by atoms with E-state index in [1.807, 2.05) is 19.0 Å². The summed E-state index contributed by atoms with van der Waals surface area (Å²) in [6.07, 6.45) is -4.30. The van der Waals surface area contributed by atoms with Crippen LogP contribution in [-0.4, -0.2) is 85.1 Å². The van der Waals surface area contributed by atoms with Crippen molar-refractivity contribution < 1.29 is 28.9 Å². The maximum atomic E-state index is 13.2. The highest BCUT2D eigenvalue weighted by Crippen LogP contribution is 2.23. The summed E-state index contributed by atoms with van der Waals surface area (Å²) in [6.45, 7) is 1.06. The Morgan fingerprint density at radius 2 is 1.89 bits per heavy atom. The standard InChI is InChI=1S/C18H26FN3O5/c1-22(2)7-6-20-15(23)9-13-16(24)17(25)14(27-13)10-21-18(26)11-4-3-5-12(19)8-11/h3-5,8,13-14,16-17,24-25H,6-7,9-10H2,1-2H3,(H,20,23)(H,21,26)/t13-,14+,16-,17+/m0/s1. The van der Waals surface area contributed by atoms with Crippen molar-refractivity contribution in [2.45, 2.75) is 30.8 Å². The zero-order valence-electron chi connectivity index (χ0n) is 15.4. The van der Waals surface area contributed by atoms with Crippen LogP contribution in [0, 0.1) is 5.82 Å². The van der Waals surface area contributed by atoms with E-state index in [9.17, 15) is 24.2 Å². The van der Waals surface area contributed by atoms with Gasteiger partial charge in [0.15, 0.2) is 0 Å². The second-order valence-electron chi connectivity index (χ2n) is 6.77. The first-order valence-electron chi connectivity index (χ1n) is 8.74. The van der Waals surface area contributed by atoms with Gasteiger partial charge in [0.2, 0.25) is 5.91 Å². The van der Waals surface area contributed by atoms with Gasteiger partial charge in [0.1, 0.15) is 24.1 Å². The fraction of sp³-hybridized carbons (Fsp3) is 0.556. The van der Waals surface area contributed by atoms with Crippen LogP contribution >= 0.6 is 0 Å². The molecule has 9 heteroatoms. The summed E-state index contributed by atoms with van der Waals surface area (Å²) in [4.78, 5) is 25.9. The first-order valence-corrected chi connectivity index (χ1v) is 8.74. The van der Waals surface area contributed by atoms with Crippen molar-refractivity contribution in [2.75, 3.05) is 33.7 Å². The number of rotatable bonds is 8. The van der Waals surface area contributed by atoms with Gasteiger partial charge in [-0.05, 0) is 32.3 Å². The van der Waals surface area contributed by atoms with Gasteiger partial charge in [-0.2, -0.15) is 0 Å². The Balaban J connectivity index is 1.81. The third kappa shape index (κ3) is 6.24. The smallest absolute Gasteiger partial charge is 0.251 e. The second-order valence-corrected chi connectivity index (χ2v) is 6.77. The summed E-state index contributed by atoms with van der Waals surface area (Å²) in [6, 6.07) is 5.20. The lowest BCUT2D eigenvalue weighted by Gasteiger charge is -2.15. The lowest BCUT2D eigenvalue weighted by molar-refractivity contribution is -0.125. The lowest BCUT2D eigenvalue weighted by Crippen LogP contribution is -2.40. The van der Waals surface area contributed by atoms with Crippen LogP contribution in [-0.2, 0) is 9.53 Å². The summed E-state index contributed by atoms with van der Waals surface area (Å²) in [5.41, 5.74) is 0.139. The van der Waals surface area contributed by atoms with Crippen LogP contribution in [0.5, 0.6) is 0 Å². The number of carbonyl (C=O) groups excluding carboxylic acids is 2. The van der Waals surface area contributed by atoms with E-state index in [1.54, 1.807) is 0 Å². The van der Waals surface area contributed by atoms with E-state index in [0.717, 1.165) is 6.07 Å². The fourth-order valence-electron chi connectivity index (χ4n) is 2.76. The van der Waals surface area contributed by atoms with E-state index >= 15 is 0 Å². The van der Waals surface area contributed by atoms with E-state index in [-0.39, 0.29) is 24.4 Å². The number of amides is 2. The zero-order chi connectivity index (χ0) is 20.0. The van der Waals surface area contributed by atoms with Gasteiger partial charge in [-0.3, -0.25) is 9.59 Å². The molecule has 1 aliphatic rings. The molecule has 1 aliphatic heterocycles. The summed E-state index contributed by atoms with van der Waals surface area (Å²) in [7, 11) is 3.77. The second kappa shape index (κ2) is 9.75. The van der Waals surface area contributed by atoms with Crippen LogP contribution < -0.4 is 10.6 Å². The quantitative estimate of drug-likeness (QED) is 0.464. The van der Waals surface area contributed by atoms with Crippen molar-refractivity contribution in [1.29, 1.82) is 0 Å². The molecule has 27 heavy (non-hydrogen) atoms. The summed E-state index contributed by atoms with van der Waals surface area (Å²) < 4.78 is 18.7. The molecule has 1 heterocycles. The number of nitrogens with one attached hydrogen (secondary N) is 2. The minimum absolute atomic E-state index is 0.0771. The first kappa shape index (κ1) is 21.2. The van der Waals surface area contributed by atoms with Crippen molar-refractivity contribution >= 4 is 11.8 Å². The highest BCUT2D eigenvalue weighted by atomic mass is 19.1. The number of benzene rings is 1. The molecule has 4 N–H and O–H groups in total. The van der Waals surface area contributed by atoms with Crippen molar-refractivity contribution in [3.63, 3.8) is 0 Å². The van der Waals surface area contributed by atoms with Crippen LogP contribution in [0.1, 0.15) is 16.8 Å². The van der Waals surface area contributed by atoms with Crippen LogP contribution in [0.3, 0.4) is 0 Å². The maximum Gasteiger partial charge on any atom is 0.251 e. The molecule has 1 aromatic rings. The van der Waals surface area contributed by atoms with Crippen molar-refractivity contribution in [3.8, 4) is 0 Å². The Hall–Kier alpha value is -2.07. The Bertz CT molecular complexity index is 658. The van der Waals surface area contributed by atoms with E-state index in [1.165, 1.54) is 18.2 Å². The lowest BCUT2D eigenvalue weighted by atomic mass is 10.1. The molecule has 1 aromatic carbocycles. The van der Waals surface area contributed by atoms with E-state index in [0.29, 0.717) is 13.1 Å². The van der Waals surface area contributed by atoms with Gasteiger partial charge in [0, 0.05) is 25.2 Å². The normalized spacial score (nSPS) is 24.8. The minimum atomic E-state index is -1.24. The Morgan fingerprint density at radius 1 is 1.19 bits per heavy atom. The van der Waals surface area contributed by atoms with Crippen LogP contribution in [0.2, 0.25) is 0 Å². The predicted octanol–water partition coefficient (Wildman–Crippen LogP) is -0.887. The summed E-state index contributed by atoms with van der Waals surface area (Å²) in [5, 5.41) is 25.4. The van der Waals surface area contributed by atoms with Gasteiger partial charge in [0.05, 0.1) is 12.5 Å². The average molecular weight is 383 g/mol. The van der Waals surface area contributed by atoms with Gasteiger partial charge >= 0.3 is 0 Å². The number of halogens is 1. The molecule has 4 atom stereocenters. The molecule has 0 aliphatic carbocycles. The van der Waals surface area contributed by atoms with Crippen LogP contribution in [0.4, 0.5) is 4.39 Å². The molecular weight excluding hydrogens is 357 g/mol. The monoisotopic (exact) mass is 383 g/mol. The third-order valence-electron chi connectivity index (χ3n) is 4.28. The van der Waals surface area contributed by atoms with Crippen LogP contribution in [0.15, 0.2) is 24.3 Å². The molecule has 1 fully saturated rings. The molecule has 150 valence electrons. The van der Waals surface area contributed by atoms with Crippen molar-refractivity contribution in [3.05, 3.63) is 35.6 Å². The largest absolute Gasteiger partial charge is 0.388 e. The number of carbonyl (C=O) groups is 2. The number of likely N-dealkylation sites (N-methyl/N-ethyl adjacent to an activating group) is 1. The Morgan fingerprint density at radius 3 is 2.56 bits per heavy atom. The van der Waals surface area contributed by atoms with Crippen molar-refractivity contribution in [2.24, 2.45) is 0 Å². The molecule has 2 rings (SSSR count). The number of hydrogen-bond acceptors (Lipinski definition) is 6. The van der Waals surface area contributed by atoms with Gasteiger partial charge in [-0.1, -0.05) is 6.07 Å². The summed E-state index contributed by atoms with van der Waals surface area (Å²) in [5.74, 6) is -1.35. The molecule has 0 bridgehead atoms. The third-order valence-corrected chi connectivity index (χ3v) is 4.28. The van der Waals surface area contributed by atoms with Gasteiger partial charge in [-0.15, -0.1) is 0 Å². The molecule has 0 radical (unpaired) electrons. The Kier molecular flexibility index (Phi) is 7.66. The van der Waals surface area contributed by atoms with Crippen molar-refractivity contribution in [1.82, 2.24) is 15.5 Å². The average Bonchev–Trinajstić information content (AvgIpc) is 2.87. The highest BCUT2D eigenvalue weighted by molar-refractivity contribution is 5.94. The van der Waals surface area contributed by atoms with Gasteiger partial charge in [0.25, 0.3) is 5.91 Å². The molecule has 0 spiro atoms. The fourth-order valence-corrected chi connectivity index (χ4v) is 2.76. The van der Waals surface area contributed by atoms with E-state index < -0.39 is 36.1 Å². The van der Waals surface area contributed by atoms with Gasteiger partial charge in [-0.25, -0.2) is 4.39 Å². The topological polar surface area (TPSA) is 111 Å². The molecule has 2 amide bonds. The Labute approximate surface area is 157 Å². The van der Waals surface area contributed by atoms with Gasteiger partial charge < -0.3 is 30.5 Å². The maximum absolute atomic E-state index is 13.2. The highest BCUT2D eigenvalue weighted by Gasteiger charge is 2.43. The van der Waals surface area contributed by atoms with E-state index in [4.69, 9.17) is 4.74 Å². The molecule has 0 unspecified atom stereocenters. The number of aliphatic hydroxyl groups is 2. The van der Waals surface area contributed by atoms with E-state index in [2.05, 4.69) is 10.6 Å². The zero-order valence-corrected chi connectivity index (χ0v) is 15.4. The molecule has 0 saturated carbocycles. The van der Waals surface area contributed by atoms with Crippen LogP contribution in [0.25, 0.3) is 0 Å².